The van der Waals surface area contributed by atoms with E-state index in [9.17, 15) is 0 Å². The van der Waals surface area contributed by atoms with Crippen molar-refractivity contribution in [3.63, 3.8) is 0 Å². The molecule has 1 saturated carbocycles. The van der Waals surface area contributed by atoms with Crippen LogP contribution < -0.4 is 0 Å². The normalized spacial score (nSPS) is 14.2. The lowest BCUT2D eigenvalue weighted by molar-refractivity contribution is 0.354. The number of hydrogen-bond acceptors (Lipinski definition) is 2. The van der Waals surface area contributed by atoms with E-state index in [1.165, 1.54) is 84.9 Å². The van der Waals surface area contributed by atoms with Gasteiger partial charge in [-0.2, -0.15) is 0 Å². The fourth-order valence-corrected chi connectivity index (χ4v) is 11.5. The molecule has 11 aromatic rings. The van der Waals surface area contributed by atoms with E-state index in [2.05, 4.69) is 205 Å². The molecule has 0 amide bonds. The minimum atomic E-state index is -0.0491. The summed E-state index contributed by atoms with van der Waals surface area (Å²) in [6.45, 7) is 0. The van der Waals surface area contributed by atoms with Gasteiger partial charge in [0.15, 0.2) is 5.82 Å². The van der Waals surface area contributed by atoms with Crippen LogP contribution in [0.4, 0.5) is 0 Å². The van der Waals surface area contributed by atoms with Crippen molar-refractivity contribution in [1.82, 2.24) is 14.5 Å². The molecule has 13 rings (SSSR count). The van der Waals surface area contributed by atoms with Crippen LogP contribution in [0, 0.1) is 0 Å². The predicted octanol–water partition coefficient (Wildman–Crippen LogP) is 15.8. The summed E-state index contributed by atoms with van der Waals surface area (Å²) >= 11 is 0. The molecule has 63 heavy (non-hydrogen) atoms. The van der Waals surface area contributed by atoms with Crippen LogP contribution in [-0.4, -0.2) is 14.5 Å². The second-order valence-electron chi connectivity index (χ2n) is 17.5. The Morgan fingerprint density at radius 3 is 1.81 bits per heavy atom. The topological polar surface area (TPSA) is 30.7 Å². The number of benzene rings is 9. The number of rotatable bonds is 5. The highest BCUT2D eigenvalue weighted by Crippen LogP contribution is 2.61. The Morgan fingerprint density at radius 1 is 0.413 bits per heavy atom. The van der Waals surface area contributed by atoms with Gasteiger partial charge in [0, 0.05) is 44.0 Å². The van der Waals surface area contributed by atoms with Gasteiger partial charge in [0.05, 0.1) is 22.4 Å². The maximum Gasteiger partial charge on any atom is 0.160 e. The molecule has 3 nitrogen and oxygen atoms in total. The third-order valence-electron chi connectivity index (χ3n) is 14.2. The molecule has 2 aliphatic carbocycles. The minimum Gasteiger partial charge on any atom is -0.308 e. The molecule has 2 aromatic heterocycles. The quantitative estimate of drug-likeness (QED) is 0.173. The SMILES string of the molecule is c1ccc(-c2cc(-c3ccccc3-c3ccccc3)nc(-c3ccc(-n4c5c6c(c7ccccc7c5c5ccc7ccccc7c54)-c4ccccc4C64CCCCC4)cc3)n2)cc1. The first-order valence-corrected chi connectivity index (χ1v) is 22.5. The molecule has 2 aliphatic rings. The summed E-state index contributed by atoms with van der Waals surface area (Å²) in [4.78, 5) is 10.6. The van der Waals surface area contributed by atoms with Gasteiger partial charge in [0.1, 0.15) is 0 Å². The van der Waals surface area contributed by atoms with Gasteiger partial charge in [-0.1, -0.05) is 189 Å². The Kier molecular flexibility index (Phi) is 8.14. The lowest BCUT2D eigenvalue weighted by atomic mass is 9.67. The molecule has 1 fully saturated rings. The summed E-state index contributed by atoms with van der Waals surface area (Å²) in [5.74, 6) is 0.705. The third kappa shape index (κ3) is 5.46. The molecule has 2 heterocycles. The van der Waals surface area contributed by atoms with E-state index >= 15 is 0 Å². The second kappa shape index (κ2) is 14.2. The van der Waals surface area contributed by atoms with Gasteiger partial charge in [0.25, 0.3) is 0 Å². The van der Waals surface area contributed by atoms with Crippen molar-refractivity contribution in [3.8, 4) is 61.8 Å². The van der Waals surface area contributed by atoms with E-state index in [1.54, 1.807) is 0 Å². The lowest BCUT2D eigenvalue weighted by Crippen LogP contribution is -2.28. The van der Waals surface area contributed by atoms with Crippen molar-refractivity contribution < 1.29 is 0 Å². The summed E-state index contributed by atoms with van der Waals surface area (Å²) in [5, 5.41) is 7.84. The summed E-state index contributed by atoms with van der Waals surface area (Å²) in [6.07, 6.45) is 6.09. The zero-order chi connectivity index (χ0) is 41.5. The van der Waals surface area contributed by atoms with Crippen LogP contribution in [0.5, 0.6) is 0 Å². The molecule has 1 spiro atoms. The summed E-state index contributed by atoms with van der Waals surface area (Å²) in [7, 11) is 0. The van der Waals surface area contributed by atoms with E-state index in [0.29, 0.717) is 5.82 Å². The van der Waals surface area contributed by atoms with Gasteiger partial charge in [-0.3, -0.25) is 0 Å². The van der Waals surface area contributed by atoms with Crippen LogP contribution in [0.2, 0.25) is 0 Å². The monoisotopic (exact) mass is 805 g/mol. The van der Waals surface area contributed by atoms with Crippen molar-refractivity contribution in [2.75, 3.05) is 0 Å². The van der Waals surface area contributed by atoms with Crippen LogP contribution in [0.3, 0.4) is 0 Å². The Hall–Kier alpha value is -7.62. The fourth-order valence-electron chi connectivity index (χ4n) is 11.5. The van der Waals surface area contributed by atoms with Crippen molar-refractivity contribution >= 4 is 43.4 Å². The molecule has 0 atom stereocenters. The van der Waals surface area contributed by atoms with Crippen molar-refractivity contribution in [1.29, 1.82) is 0 Å². The van der Waals surface area contributed by atoms with Gasteiger partial charge in [-0.15, -0.1) is 0 Å². The molecule has 0 radical (unpaired) electrons. The van der Waals surface area contributed by atoms with E-state index in [-0.39, 0.29) is 5.41 Å². The Balaban J connectivity index is 1.08. The molecule has 0 N–H and O–H groups in total. The molecule has 298 valence electrons. The summed E-state index contributed by atoms with van der Waals surface area (Å²) < 4.78 is 2.63. The molecule has 0 unspecified atom stereocenters. The molecule has 0 bridgehead atoms. The maximum atomic E-state index is 5.36. The Labute approximate surface area is 367 Å². The molecule has 0 aliphatic heterocycles. The van der Waals surface area contributed by atoms with E-state index in [4.69, 9.17) is 9.97 Å². The number of aromatic nitrogens is 3. The summed E-state index contributed by atoms with van der Waals surface area (Å²) in [6, 6.07) is 73.0. The van der Waals surface area contributed by atoms with Gasteiger partial charge in [-0.05, 0) is 92.7 Å². The first-order valence-electron chi connectivity index (χ1n) is 22.5. The van der Waals surface area contributed by atoms with Crippen LogP contribution in [0.25, 0.3) is 105 Å². The van der Waals surface area contributed by atoms with E-state index in [1.807, 2.05) is 0 Å². The first-order chi connectivity index (χ1) is 31.2. The minimum absolute atomic E-state index is 0.0491. The molecule has 0 saturated heterocycles. The standard InChI is InChI=1S/C60H43N3/c1-4-18-39(19-5-1)44-23-10-11-25-46(44)53-38-52(41-21-6-2-7-22-41)61-59(62-53)42-30-33-43(34-31-42)63-57-45-24-9-8-20-40(45)32-35-50(57)55-48-27-13-12-26-47(48)54-49-28-14-15-29-51(49)60(56(54)58(55)63)36-16-3-17-37-60/h1-2,4-15,18-35,38H,3,16-17,36-37H2. The molecule has 9 aromatic carbocycles. The largest absolute Gasteiger partial charge is 0.308 e. The van der Waals surface area contributed by atoms with Gasteiger partial charge in [-0.25, -0.2) is 9.97 Å². The van der Waals surface area contributed by atoms with Gasteiger partial charge in [0.2, 0.25) is 0 Å². The van der Waals surface area contributed by atoms with Crippen molar-refractivity contribution in [2.45, 2.75) is 37.5 Å². The molecule has 3 heteroatoms. The highest BCUT2D eigenvalue weighted by atomic mass is 15.0. The average Bonchev–Trinajstić information content (AvgIpc) is 3.85. The number of hydrogen-bond donors (Lipinski definition) is 0. The second-order valence-corrected chi connectivity index (χ2v) is 17.5. The Bertz CT molecular complexity index is 3580. The van der Waals surface area contributed by atoms with Crippen molar-refractivity contribution in [2.24, 2.45) is 0 Å². The molecular formula is C60H43N3. The zero-order valence-electron chi connectivity index (χ0n) is 34.9. The molecular weight excluding hydrogens is 763 g/mol. The maximum absolute atomic E-state index is 5.36. The van der Waals surface area contributed by atoms with Gasteiger partial charge < -0.3 is 4.57 Å². The zero-order valence-corrected chi connectivity index (χ0v) is 34.9. The Morgan fingerprint density at radius 2 is 1.03 bits per heavy atom. The average molecular weight is 806 g/mol. The van der Waals surface area contributed by atoms with Crippen LogP contribution in [-0.2, 0) is 5.41 Å². The van der Waals surface area contributed by atoms with E-state index in [0.717, 1.165) is 57.7 Å². The van der Waals surface area contributed by atoms with Crippen LogP contribution >= 0.6 is 0 Å². The fraction of sp³-hybridized carbons (Fsp3) is 0.100. The number of fused-ring (bicyclic) bond motifs is 14. The third-order valence-corrected chi connectivity index (χ3v) is 14.2. The summed E-state index contributed by atoms with van der Waals surface area (Å²) in [5.41, 5.74) is 16.8. The van der Waals surface area contributed by atoms with Crippen LogP contribution in [0.1, 0.15) is 43.2 Å². The van der Waals surface area contributed by atoms with E-state index < -0.39 is 0 Å². The predicted molar refractivity (Wildman–Crippen MR) is 262 cm³/mol. The number of nitrogens with zero attached hydrogens (tertiary/aromatic N) is 3. The first kappa shape index (κ1) is 36.1. The van der Waals surface area contributed by atoms with Crippen molar-refractivity contribution in [3.05, 3.63) is 211 Å². The highest BCUT2D eigenvalue weighted by molar-refractivity contribution is 6.30. The highest BCUT2D eigenvalue weighted by Gasteiger charge is 2.47. The van der Waals surface area contributed by atoms with Gasteiger partial charge >= 0.3 is 0 Å². The van der Waals surface area contributed by atoms with Crippen LogP contribution in [0.15, 0.2) is 200 Å². The smallest absolute Gasteiger partial charge is 0.160 e. The lowest BCUT2D eigenvalue weighted by Gasteiger charge is -2.36.